The standard InChI is InChI=1S/C7H9N5/c1-8-6-5-7(10-3-9-6)11-4-12(5)2/h3-4H,1-2H3,(H,8,9,10). The lowest BCUT2D eigenvalue weighted by Crippen LogP contribution is -1.97. The minimum absolute atomic E-state index is 0.719. The first-order valence-corrected chi connectivity index (χ1v) is 3.62. The SMILES string of the molecule is CNc1ncnc2ncn(C)c12. The predicted molar refractivity (Wildman–Crippen MR) is 45.9 cm³/mol. The Morgan fingerprint density at radius 3 is 2.92 bits per heavy atom. The normalized spacial score (nSPS) is 10.5. The van der Waals surface area contributed by atoms with Gasteiger partial charge in [0.1, 0.15) is 11.8 Å². The minimum atomic E-state index is 0.719. The number of aromatic nitrogens is 4. The summed E-state index contributed by atoms with van der Waals surface area (Å²) < 4.78 is 1.89. The van der Waals surface area contributed by atoms with Gasteiger partial charge in [0.25, 0.3) is 0 Å². The van der Waals surface area contributed by atoms with Crippen LogP contribution in [0.5, 0.6) is 0 Å². The Hall–Kier alpha value is -1.65. The zero-order valence-corrected chi connectivity index (χ0v) is 6.94. The van der Waals surface area contributed by atoms with Crippen molar-refractivity contribution in [1.29, 1.82) is 0 Å². The third-order valence-corrected chi connectivity index (χ3v) is 1.75. The zero-order chi connectivity index (χ0) is 8.55. The Labute approximate surface area is 69.5 Å². The molecule has 0 saturated heterocycles. The van der Waals surface area contributed by atoms with Gasteiger partial charge >= 0.3 is 0 Å². The van der Waals surface area contributed by atoms with Gasteiger partial charge in [-0.15, -0.1) is 0 Å². The van der Waals surface area contributed by atoms with Crippen LogP contribution in [0, 0.1) is 0 Å². The van der Waals surface area contributed by atoms with Crippen molar-refractivity contribution in [3.63, 3.8) is 0 Å². The molecule has 0 aromatic carbocycles. The van der Waals surface area contributed by atoms with E-state index in [1.165, 1.54) is 6.33 Å². The molecule has 0 bridgehead atoms. The lowest BCUT2D eigenvalue weighted by molar-refractivity contribution is 0.945. The molecule has 0 aliphatic rings. The van der Waals surface area contributed by atoms with Gasteiger partial charge in [-0.2, -0.15) is 0 Å². The van der Waals surface area contributed by atoms with E-state index in [2.05, 4.69) is 20.3 Å². The van der Waals surface area contributed by atoms with Crippen LogP contribution in [0.1, 0.15) is 0 Å². The fourth-order valence-electron chi connectivity index (χ4n) is 1.17. The van der Waals surface area contributed by atoms with Crippen LogP contribution in [-0.2, 0) is 7.05 Å². The molecule has 0 saturated carbocycles. The van der Waals surface area contributed by atoms with E-state index in [0.717, 1.165) is 17.0 Å². The Bertz CT molecular complexity index is 405. The molecule has 0 radical (unpaired) electrons. The molecular weight excluding hydrogens is 154 g/mol. The quantitative estimate of drug-likeness (QED) is 0.661. The van der Waals surface area contributed by atoms with E-state index in [0.29, 0.717) is 0 Å². The summed E-state index contributed by atoms with van der Waals surface area (Å²) in [6.07, 6.45) is 3.22. The molecule has 5 heteroatoms. The van der Waals surface area contributed by atoms with Gasteiger partial charge in [-0.25, -0.2) is 15.0 Å². The van der Waals surface area contributed by atoms with Gasteiger partial charge in [-0.3, -0.25) is 0 Å². The summed E-state index contributed by atoms with van der Waals surface area (Å²) in [4.78, 5) is 12.2. The van der Waals surface area contributed by atoms with Gasteiger partial charge in [0.05, 0.1) is 6.33 Å². The topological polar surface area (TPSA) is 55.6 Å². The number of fused-ring (bicyclic) bond motifs is 1. The number of nitrogens with zero attached hydrogens (tertiary/aromatic N) is 4. The molecule has 0 aliphatic carbocycles. The number of imidazole rings is 1. The van der Waals surface area contributed by atoms with E-state index in [1.807, 2.05) is 18.7 Å². The summed E-state index contributed by atoms with van der Waals surface area (Å²) in [5, 5.41) is 2.98. The molecule has 2 heterocycles. The number of anilines is 1. The smallest absolute Gasteiger partial charge is 0.182 e. The third kappa shape index (κ3) is 0.827. The molecular formula is C7H9N5. The van der Waals surface area contributed by atoms with Crippen molar-refractivity contribution < 1.29 is 0 Å². The number of rotatable bonds is 1. The molecule has 5 nitrogen and oxygen atoms in total. The van der Waals surface area contributed by atoms with Crippen LogP contribution in [0.4, 0.5) is 5.82 Å². The highest BCUT2D eigenvalue weighted by molar-refractivity contribution is 5.82. The zero-order valence-electron chi connectivity index (χ0n) is 6.94. The molecule has 12 heavy (non-hydrogen) atoms. The lowest BCUT2D eigenvalue weighted by Gasteiger charge is -2.00. The van der Waals surface area contributed by atoms with Crippen LogP contribution in [-0.4, -0.2) is 26.6 Å². The monoisotopic (exact) mass is 163 g/mol. The second-order valence-electron chi connectivity index (χ2n) is 2.50. The van der Waals surface area contributed by atoms with E-state index >= 15 is 0 Å². The van der Waals surface area contributed by atoms with E-state index < -0.39 is 0 Å². The molecule has 2 aromatic rings. The Morgan fingerprint density at radius 1 is 1.33 bits per heavy atom. The Morgan fingerprint density at radius 2 is 2.17 bits per heavy atom. The summed E-state index contributed by atoms with van der Waals surface area (Å²) in [6, 6.07) is 0. The number of hydrogen-bond donors (Lipinski definition) is 1. The molecule has 2 rings (SSSR count). The van der Waals surface area contributed by atoms with Crippen LogP contribution in [0.3, 0.4) is 0 Å². The van der Waals surface area contributed by atoms with Gasteiger partial charge in [-0.05, 0) is 0 Å². The average Bonchev–Trinajstić information content (AvgIpc) is 2.48. The van der Waals surface area contributed by atoms with Gasteiger partial charge in [0.15, 0.2) is 11.5 Å². The number of hydrogen-bond acceptors (Lipinski definition) is 4. The van der Waals surface area contributed by atoms with Crippen molar-refractivity contribution in [3.05, 3.63) is 12.7 Å². The molecule has 1 N–H and O–H groups in total. The Kier molecular flexibility index (Phi) is 1.43. The first kappa shape index (κ1) is 7.02. The first-order valence-electron chi connectivity index (χ1n) is 3.62. The molecule has 0 spiro atoms. The van der Waals surface area contributed by atoms with Gasteiger partial charge < -0.3 is 9.88 Å². The van der Waals surface area contributed by atoms with Crippen molar-refractivity contribution in [3.8, 4) is 0 Å². The van der Waals surface area contributed by atoms with Gasteiger partial charge in [0, 0.05) is 14.1 Å². The summed E-state index contributed by atoms with van der Waals surface area (Å²) in [5.41, 5.74) is 1.65. The molecule has 0 unspecified atom stereocenters. The van der Waals surface area contributed by atoms with Crippen molar-refractivity contribution >= 4 is 17.0 Å². The second kappa shape index (κ2) is 2.44. The molecule has 62 valence electrons. The molecule has 0 atom stereocenters. The van der Waals surface area contributed by atoms with Crippen molar-refractivity contribution in [2.45, 2.75) is 0 Å². The summed E-state index contributed by atoms with van der Waals surface area (Å²) in [7, 11) is 3.74. The maximum atomic E-state index is 4.10. The van der Waals surface area contributed by atoms with Crippen molar-refractivity contribution in [1.82, 2.24) is 19.5 Å². The number of aryl methyl sites for hydroxylation is 1. The molecule has 0 amide bonds. The molecule has 2 aromatic heterocycles. The minimum Gasteiger partial charge on any atom is -0.371 e. The highest BCUT2D eigenvalue weighted by atomic mass is 15.1. The van der Waals surface area contributed by atoms with E-state index in [9.17, 15) is 0 Å². The Balaban J connectivity index is 2.84. The van der Waals surface area contributed by atoms with E-state index in [-0.39, 0.29) is 0 Å². The maximum absolute atomic E-state index is 4.10. The van der Waals surface area contributed by atoms with Gasteiger partial charge in [-0.1, -0.05) is 0 Å². The van der Waals surface area contributed by atoms with Crippen LogP contribution < -0.4 is 5.32 Å². The van der Waals surface area contributed by atoms with Gasteiger partial charge in [0.2, 0.25) is 0 Å². The largest absolute Gasteiger partial charge is 0.371 e. The van der Waals surface area contributed by atoms with E-state index in [1.54, 1.807) is 6.33 Å². The van der Waals surface area contributed by atoms with Crippen LogP contribution in [0.25, 0.3) is 11.2 Å². The summed E-state index contributed by atoms with van der Waals surface area (Å²) in [5.74, 6) is 0.806. The highest BCUT2D eigenvalue weighted by Gasteiger charge is 2.05. The molecule has 0 aliphatic heterocycles. The fourth-order valence-corrected chi connectivity index (χ4v) is 1.17. The van der Waals surface area contributed by atoms with Crippen molar-refractivity contribution in [2.24, 2.45) is 7.05 Å². The lowest BCUT2D eigenvalue weighted by atomic mass is 10.5. The fraction of sp³-hybridized carbons (Fsp3) is 0.286. The second-order valence-corrected chi connectivity index (χ2v) is 2.50. The predicted octanol–water partition coefficient (Wildman–Crippen LogP) is 0.405. The van der Waals surface area contributed by atoms with Crippen LogP contribution in [0.15, 0.2) is 12.7 Å². The first-order chi connectivity index (χ1) is 5.83. The van der Waals surface area contributed by atoms with Crippen molar-refractivity contribution in [2.75, 3.05) is 12.4 Å². The highest BCUT2D eigenvalue weighted by Crippen LogP contribution is 2.15. The van der Waals surface area contributed by atoms with Crippen LogP contribution in [0.2, 0.25) is 0 Å². The van der Waals surface area contributed by atoms with E-state index in [4.69, 9.17) is 0 Å². The number of nitrogens with one attached hydrogen (secondary N) is 1. The average molecular weight is 163 g/mol. The summed E-state index contributed by atoms with van der Waals surface area (Å²) in [6.45, 7) is 0. The summed E-state index contributed by atoms with van der Waals surface area (Å²) >= 11 is 0. The maximum Gasteiger partial charge on any atom is 0.182 e. The van der Waals surface area contributed by atoms with Crippen LogP contribution >= 0.6 is 0 Å². The third-order valence-electron chi connectivity index (χ3n) is 1.75. The molecule has 0 fully saturated rings.